The van der Waals surface area contributed by atoms with E-state index in [0.717, 1.165) is 57.3 Å². The number of likely N-dealkylation sites (tertiary alicyclic amines) is 1. The van der Waals surface area contributed by atoms with Crippen LogP contribution in [0, 0.1) is 23.0 Å². The molecule has 37 heavy (non-hydrogen) atoms. The highest BCUT2D eigenvalue weighted by Crippen LogP contribution is 2.42. The molecule has 202 valence electrons. The molecule has 0 aliphatic carbocycles. The maximum absolute atomic E-state index is 15.3. The van der Waals surface area contributed by atoms with Crippen LogP contribution in [0.3, 0.4) is 0 Å². The number of methoxy groups -OCH3 is 1. The lowest BCUT2D eigenvalue weighted by Crippen LogP contribution is -2.46. The lowest BCUT2D eigenvalue weighted by molar-refractivity contribution is -0.0173. The molecule has 1 aromatic heterocycles. The molecule has 13 heteroatoms. The fourth-order valence-corrected chi connectivity index (χ4v) is 7.12. The molecule has 8 nitrogen and oxygen atoms in total. The van der Waals surface area contributed by atoms with Gasteiger partial charge in [0.25, 0.3) is 10.0 Å². The Morgan fingerprint density at radius 2 is 2.00 bits per heavy atom. The molecule has 0 radical (unpaired) electrons. The minimum atomic E-state index is -4.78. The highest BCUT2D eigenvalue weighted by Gasteiger charge is 2.46. The van der Waals surface area contributed by atoms with Crippen LogP contribution in [0.5, 0.6) is 0 Å². The first-order chi connectivity index (χ1) is 17.6. The largest absolute Gasteiger partial charge is 0.381 e. The molecular weight excluding hydrogens is 533 g/mol. The summed E-state index contributed by atoms with van der Waals surface area (Å²) in [7, 11) is -3.16. The molecule has 0 saturated carbocycles. The minimum absolute atomic E-state index is 0.0421. The summed E-state index contributed by atoms with van der Waals surface area (Å²) in [5.41, 5.74) is -0.337. The SMILES string of the molecule is CO[C@@]1(CN2CCC3(CCOC3)C2)CCN(c2cc(F)c(S(=O)(=O)Nc3cccc(F)n3)c(F)c2Cl)C1. The van der Waals surface area contributed by atoms with Crippen LogP contribution in [0.1, 0.15) is 19.3 Å². The van der Waals surface area contributed by atoms with E-state index in [0.29, 0.717) is 26.1 Å². The van der Waals surface area contributed by atoms with Gasteiger partial charge in [-0.05, 0) is 37.9 Å². The second kappa shape index (κ2) is 9.88. The zero-order chi connectivity index (χ0) is 26.4. The normalized spacial score (nSPS) is 26.5. The van der Waals surface area contributed by atoms with Crippen LogP contribution in [0.4, 0.5) is 24.7 Å². The second-order valence-electron chi connectivity index (χ2n) is 10.1. The second-order valence-corrected chi connectivity index (χ2v) is 12.1. The molecule has 5 rings (SSSR count). The van der Waals surface area contributed by atoms with E-state index in [9.17, 15) is 12.8 Å². The number of benzene rings is 1. The highest BCUT2D eigenvalue weighted by molar-refractivity contribution is 7.92. The Bertz CT molecular complexity index is 1290. The molecule has 1 aromatic carbocycles. The third-order valence-electron chi connectivity index (χ3n) is 7.62. The zero-order valence-corrected chi connectivity index (χ0v) is 21.8. The summed E-state index contributed by atoms with van der Waals surface area (Å²) in [4.78, 5) is 6.17. The Balaban J connectivity index is 1.35. The molecule has 0 amide bonds. The summed E-state index contributed by atoms with van der Waals surface area (Å²) in [5.74, 6) is -4.13. The Morgan fingerprint density at radius 1 is 1.19 bits per heavy atom. The Kier molecular flexibility index (Phi) is 7.07. The predicted molar refractivity (Wildman–Crippen MR) is 132 cm³/mol. The van der Waals surface area contributed by atoms with Gasteiger partial charge in [0, 0.05) is 51.4 Å². The molecule has 2 atom stereocenters. The number of ether oxygens (including phenoxy) is 2. The lowest BCUT2D eigenvalue weighted by Gasteiger charge is -2.33. The molecule has 1 N–H and O–H groups in total. The molecule has 1 spiro atoms. The van der Waals surface area contributed by atoms with E-state index in [1.165, 1.54) is 6.07 Å². The van der Waals surface area contributed by atoms with Gasteiger partial charge in [-0.15, -0.1) is 0 Å². The third-order valence-corrected chi connectivity index (χ3v) is 9.37. The van der Waals surface area contributed by atoms with E-state index >= 15 is 8.78 Å². The van der Waals surface area contributed by atoms with Gasteiger partial charge >= 0.3 is 0 Å². The Morgan fingerprint density at radius 3 is 2.70 bits per heavy atom. The molecule has 0 bridgehead atoms. The molecule has 3 aliphatic rings. The van der Waals surface area contributed by atoms with E-state index in [1.54, 1.807) is 12.0 Å². The quantitative estimate of drug-likeness (QED) is 0.409. The van der Waals surface area contributed by atoms with E-state index < -0.39 is 48.9 Å². The van der Waals surface area contributed by atoms with Crippen molar-refractivity contribution in [3.05, 3.63) is 46.9 Å². The van der Waals surface area contributed by atoms with Crippen molar-refractivity contribution in [1.82, 2.24) is 9.88 Å². The van der Waals surface area contributed by atoms with Crippen LogP contribution in [0.25, 0.3) is 0 Å². The van der Waals surface area contributed by atoms with Gasteiger partial charge < -0.3 is 14.4 Å². The number of nitrogens with one attached hydrogen (secondary N) is 1. The monoisotopic (exact) mass is 560 g/mol. The van der Waals surface area contributed by atoms with E-state index in [1.807, 2.05) is 4.72 Å². The van der Waals surface area contributed by atoms with Crippen molar-refractivity contribution in [2.45, 2.75) is 29.8 Å². The fraction of sp³-hybridized carbons (Fsp3) is 0.542. The number of anilines is 2. The van der Waals surface area contributed by atoms with Crippen LogP contribution in [-0.4, -0.2) is 77.0 Å². The molecule has 3 fully saturated rings. The minimum Gasteiger partial charge on any atom is -0.381 e. The van der Waals surface area contributed by atoms with Crippen molar-refractivity contribution >= 4 is 33.1 Å². The molecular formula is C24H28ClF3N4O4S. The van der Waals surface area contributed by atoms with Gasteiger partial charge in [-0.2, -0.15) is 4.39 Å². The van der Waals surface area contributed by atoms with Gasteiger partial charge in [0.2, 0.25) is 5.95 Å². The number of sulfonamides is 1. The third kappa shape index (κ3) is 5.14. The highest BCUT2D eigenvalue weighted by atomic mass is 35.5. The van der Waals surface area contributed by atoms with E-state index in [4.69, 9.17) is 21.1 Å². The van der Waals surface area contributed by atoms with Gasteiger partial charge in [-0.3, -0.25) is 9.62 Å². The summed E-state index contributed by atoms with van der Waals surface area (Å²) in [6.45, 7) is 4.81. The maximum Gasteiger partial charge on any atom is 0.268 e. The molecule has 3 saturated heterocycles. The summed E-state index contributed by atoms with van der Waals surface area (Å²) in [6.07, 6.45) is 2.72. The maximum atomic E-state index is 15.3. The van der Waals surface area contributed by atoms with Crippen molar-refractivity contribution < 1.29 is 31.1 Å². The van der Waals surface area contributed by atoms with E-state index in [2.05, 4.69) is 9.88 Å². The number of hydrogen-bond acceptors (Lipinski definition) is 7. The first kappa shape index (κ1) is 26.5. The number of halogens is 4. The number of nitrogens with zero attached hydrogens (tertiary/aromatic N) is 3. The fourth-order valence-electron chi connectivity index (χ4n) is 5.65. The number of aromatic nitrogens is 1. The van der Waals surface area contributed by atoms with Gasteiger partial charge in [0.1, 0.15) is 16.7 Å². The topological polar surface area (TPSA) is 84.0 Å². The molecule has 2 aromatic rings. The molecule has 4 heterocycles. The van der Waals surface area contributed by atoms with Crippen LogP contribution in [0.15, 0.2) is 29.2 Å². The average Bonchev–Trinajstić information content (AvgIpc) is 3.57. The van der Waals surface area contributed by atoms with Crippen LogP contribution < -0.4 is 9.62 Å². The van der Waals surface area contributed by atoms with Crippen LogP contribution >= 0.6 is 11.6 Å². The standard InChI is InChI=1S/C24H28ClF3N4O4S/c1-35-24(13-31-8-5-23(12-31)7-10-36-15-23)6-9-32(14-24)17-11-16(26)22(21(28)20(17)25)37(33,34)30-19-4-2-3-18(27)29-19/h2-4,11H,5-10,12-15H2,1H3,(H,29,30)/t23?,24-/m1/s1. The van der Waals surface area contributed by atoms with Crippen molar-refractivity contribution in [2.24, 2.45) is 5.41 Å². The zero-order valence-electron chi connectivity index (χ0n) is 20.3. The van der Waals surface area contributed by atoms with Gasteiger partial charge in [-0.25, -0.2) is 22.2 Å². The first-order valence-electron chi connectivity index (χ1n) is 12.0. The van der Waals surface area contributed by atoms with Gasteiger partial charge in [0.05, 0.1) is 17.9 Å². The summed E-state index contributed by atoms with van der Waals surface area (Å²) in [6, 6.07) is 4.28. The van der Waals surface area contributed by atoms with Crippen LogP contribution in [-0.2, 0) is 19.5 Å². The first-order valence-corrected chi connectivity index (χ1v) is 13.8. The Labute approximate surface area is 218 Å². The lowest BCUT2D eigenvalue weighted by atomic mass is 9.87. The summed E-state index contributed by atoms with van der Waals surface area (Å²) < 4.78 is 82.6. The molecule has 1 unspecified atom stereocenters. The van der Waals surface area contributed by atoms with Crippen molar-refractivity contribution in [2.75, 3.05) is 62.7 Å². The van der Waals surface area contributed by atoms with Crippen molar-refractivity contribution in [1.29, 1.82) is 0 Å². The van der Waals surface area contributed by atoms with Gasteiger partial charge in [-0.1, -0.05) is 17.7 Å². The van der Waals surface area contributed by atoms with E-state index in [-0.39, 0.29) is 11.1 Å². The Hall–Kier alpha value is -2.12. The smallest absolute Gasteiger partial charge is 0.268 e. The summed E-state index contributed by atoms with van der Waals surface area (Å²) >= 11 is 6.26. The number of hydrogen-bond donors (Lipinski definition) is 1. The predicted octanol–water partition coefficient (Wildman–Crippen LogP) is 3.66. The average molecular weight is 561 g/mol. The van der Waals surface area contributed by atoms with Crippen LogP contribution in [0.2, 0.25) is 5.02 Å². The number of rotatable bonds is 7. The molecule has 3 aliphatic heterocycles. The van der Waals surface area contributed by atoms with Gasteiger partial charge in [0.15, 0.2) is 10.7 Å². The van der Waals surface area contributed by atoms with Crippen molar-refractivity contribution in [3.63, 3.8) is 0 Å². The number of pyridine rings is 1. The summed E-state index contributed by atoms with van der Waals surface area (Å²) in [5, 5.41) is -0.524. The van der Waals surface area contributed by atoms with Crippen molar-refractivity contribution in [3.8, 4) is 0 Å².